The molecule has 1 amide bonds. The molecule has 3 rings (SSSR count). The molecule has 1 aliphatic heterocycles. The van der Waals surface area contributed by atoms with E-state index < -0.39 is 0 Å². The van der Waals surface area contributed by atoms with Gasteiger partial charge < -0.3 is 10.2 Å². The average molecular weight is 272 g/mol. The van der Waals surface area contributed by atoms with Crippen molar-refractivity contribution in [1.29, 1.82) is 0 Å². The van der Waals surface area contributed by atoms with Crippen LogP contribution in [0.2, 0.25) is 0 Å². The predicted octanol–water partition coefficient (Wildman–Crippen LogP) is 2.39. The number of piperidine rings is 1. The van der Waals surface area contributed by atoms with Gasteiger partial charge in [0.25, 0.3) is 0 Å². The minimum atomic E-state index is 0.225. The zero-order chi connectivity index (χ0) is 13.9. The van der Waals surface area contributed by atoms with Gasteiger partial charge in [-0.15, -0.1) is 0 Å². The third kappa shape index (κ3) is 3.21. The Balaban J connectivity index is 1.39. The number of likely N-dealkylation sites (tertiary alicyclic amines) is 1. The summed E-state index contributed by atoms with van der Waals surface area (Å²) in [5.41, 5.74) is 1.47. The van der Waals surface area contributed by atoms with E-state index in [0.717, 1.165) is 38.4 Å². The van der Waals surface area contributed by atoms with Crippen LogP contribution in [-0.4, -0.2) is 36.5 Å². The molecule has 3 heteroatoms. The molecular formula is C17H24N2O. The van der Waals surface area contributed by atoms with Gasteiger partial charge in [0.05, 0.1) is 0 Å². The second-order valence-corrected chi connectivity index (χ2v) is 6.22. The Morgan fingerprint density at radius 1 is 1.25 bits per heavy atom. The van der Waals surface area contributed by atoms with Crippen molar-refractivity contribution < 1.29 is 4.79 Å². The summed E-state index contributed by atoms with van der Waals surface area (Å²) < 4.78 is 0. The number of carbonyl (C=O) groups is 1. The van der Waals surface area contributed by atoms with Gasteiger partial charge in [-0.25, -0.2) is 0 Å². The summed E-state index contributed by atoms with van der Waals surface area (Å²) in [6.07, 6.45) is 3.57. The van der Waals surface area contributed by atoms with Crippen LogP contribution in [0.3, 0.4) is 0 Å². The average Bonchev–Trinajstić information content (AvgIpc) is 3.26. The van der Waals surface area contributed by atoms with Gasteiger partial charge in [-0.3, -0.25) is 4.79 Å². The van der Waals surface area contributed by atoms with Crippen LogP contribution in [0.15, 0.2) is 30.3 Å². The van der Waals surface area contributed by atoms with Gasteiger partial charge in [-0.1, -0.05) is 30.3 Å². The molecule has 1 aromatic rings. The molecule has 0 spiro atoms. The van der Waals surface area contributed by atoms with Crippen LogP contribution in [0.5, 0.6) is 0 Å². The quantitative estimate of drug-likeness (QED) is 0.913. The molecule has 108 valence electrons. The minimum absolute atomic E-state index is 0.225. The van der Waals surface area contributed by atoms with E-state index in [4.69, 9.17) is 0 Å². The number of nitrogens with zero attached hydrogens (tertiary/aromatic N) is 1. The largest absolute Gasteiger partial charge is 0.343 e. The van der Waals surface area contributed by atoms with Crippen molar-refractivity contribution in [2.75, 3.05) is 19.6 Å². The highest BCUT2D eigenvalue weighted by atomic mass is 16.2. The molecule has 0 bridgehead atoms. The maximum absolute atomic E-state index is 11.3. The lowest BCUT2D eigenvalue weighted by Gasteiger charge is -2.31. The van der Waals surface area contributed by atoms with E-state index in [9.17, 15) is 4.79 Å². The van der Waals surface area contributed by atoms with Crippen molar-refractivity contribution in [2.45, 2.75) is 38.1 Å². The summed E-state index contributed by atoms with van der Waals surface area (Å²) in [5, 5.41) is 3.72. The van der Waals surface area contributed by atoms with Crippen molar-refractivity contribution in [3.63, 3.8) is 0 Å². The number of amides is 1. The molecule has 1 unspecified atom stereocenters. The maximum atomic E-state index is 11.3. The molecule has 3 nitrogen and oxygen atoms in total. The fraction of sp³-hybridized carbons (Fsp3) is 0.588. The van der Waals surface area contributed by atoms with Crippen LogP contribution in [0, 0.1) is 5.92 Å². The van der Waals surface area contributed by atoms with E-state index in [1.54, 1.807) is 6.92 Å². The summed E-state index contributed by atoms with van der Waals surface area (Å²) in [6.45, 7) is 4.66. The molecule has 20 heavy (non-hydrogen) atoms. The lowest BCUT2D eigenvalue weighted by Crippen LogP contribution is -2.40. The van der Waals surface area contributed by atoms with Crippen LogP contribution < -0.4 is 5.32 Å². The normalized spacial score (nSPS) is 26.6. The smallest absolute Gasteiger partial charge is 0.219 e. The summed E-state index contributed by atoms with van der Waals surface area (Å²) in [5.74, 6) is 1.68. The fourth-order valence-corrected chi connectivity index (χ4v) is 3.26. The zero-order valence-electron chi connectivity index (χ0n) is 12.2. The van der Waals surface area contributed by atoms with Crippen molar-refractivity contribution >= 4 is 5.91 Å². The topological polar surface area (TPSA) is 32.3 Å². The Labute approximate surface area is 121 Å². The Morgan fingerprint density at radius 3 is 2.60 bits per heavy atom. The predicted molar refractivity (Wildman–Crippen MR) is 80.6 cm³/mol. The first-order valence-corrected chi connectivity index (χ1v) is 7.78. The lowest BCUT2D eigenvalue weighted by atomic mass is 9.96. The van der Waals surface area contributed by atoms with Crippen LogP contribution in [0.25, 0.3) is 0 Å². The maximum Gasteiger partial charge on any atom is 0.219 e. The van der Waals surface area contributed by atoms with E-state index in [2.05, 4.69) is 35.6 Å². The molecule has 2 fully saturated rings. The third-order valence-electron chi connectivity index (χ3n) is 4.75. The number of carbonyl (C=O) groups excluding carboxylic acids is 1. The molecule has 1 aliphatic carbocycles. The van der Waals surface area contributed by atoms with Gasteiger partial charge in [0.1, 0.15) is 0 Å². The molecule has 1 aromatic carbocycles. The van der Waals surface area contributed by atoms with E-state index in [-0.39, 0.29) is 5.91 Å². The number of hydrogen-bond acceptors (Lipinski definition) is 2. The van der Waals surface area contributed by atoms with Gasteiger partial charge in [0, 0.05) is 32.0 Å². The van der Waals surface area contributed by atoms with Crippen molar-refractivity contribution in [1.82, 2.24) is 10.2 Å². The summed E-state index contributed by atoms with van der Waals surface area (Å²) in [7, 11) is 0. The Hall–Kier alpha value is -1.35. The van der Waals surface area contributed by atoms with E-state index in [0.29, 0.717) is 12.0 Å². The first kappa shape index (κ1) is 13.6. The van der Waals surface area contributed by atoms with Gasteiger partial charge in [-0.05, 0) is 37.3 Å². The van der Waals surface area contributed by atoms with Crippen LogP contribution in [0.4, 0.5) is 0 Å². The molecule has 1 heterocycles. The fourth-order valence-electron chi connectivity index (χ4n) is 3.26. The Morgan fingerprint density at radius 2 is 1.95 bits per heavy atom. The standard InChI is InChI=1S/C17H24N2O/c1-13(20)19-9-7-14(8-10-19)12-18-17-11-16(17)15-5-3-2-4-6-15/h2-6,14,16-18H,7-12H2,1H3/t16-,17?/m1/s1. The molecular weight excluding hydrogens is 248 g/mol. The molecule has 0 aromatic heterocycles. The van der Waals surface area contributed by atoms with Crippen LogP contribution in [-0.2, 0) is 4.79 Å². The highest BCUT2D eigenvalue weighted by molar-refractivity contribution is 5.73. The first-order valence-electron chi connectivity index (χ1n) is 7.78. The molecule has 1 saturated carbocycles. The molecule has 1 saturated heterocycles. The molecule has 0 radical (unpaired) electrons. The van der Waals surface area contributed by atoms with E-state index in [1.165, 1.54) is 12.0 Å². The van der Waals surface area contributed by atoms with Gasteiger partial charge in [0.15, 0.2) is 0 Å². The SMILES string of the molecule is CC(=O)N1CCC(CNC2C[C@@H]2c2ccccc2)CC1. The number of hydrogen-bond donors (Lipinski definition) is 1. The molecule has 2 atom stereocenters. The van der Waals surface area contributed by atoms with Gasteiger partial charge in [0.2, 0.25) is 5.91 Å². The second kappa shape index (κ2) is 5.96. The van der Waals surface area contributed by atoms with Crippen molar-refractivity contribution in [3.8, 4) is 0 Å². The van der Waals surface area contributed by atoms with Crippen molar-refractivity contribution in [3.05, 3.63) is 35.9 Å². The van der Waals surface area contributed by atoms with Gasteiger partial charge in [-0.2, -0.15) is 0 Å². The molecule has 2 aliphatic rings. The van der Waals surface area contributed by atoms with Gasteiger partial charge >= 0.3 is 0 Å². The van der Waals surface area contributed by atoms with Crippen LogP contribution >= 0.6 is 0 Å². The van der Waals surface area contributed by atoms with E-state index >= 15 is 0 Å². The number of nitrogens with one attached hydrogen (secondary N) is 1. The summed E-state index contributed by atoms with van der Waals surface area (Å²) >= 11 is 0. The van der Waals surface area contributed by atoms with Crippen molar-refractivity contribution in [2.24, 2.45) is 5.92 Å². The summed E-state index contributed by atoms with van der Waals surface area (Å²) in [4.78, 5) is 13.3. The van der Waals surface area contributed by atoms with Crippen LogP contribution in [0.1, 0.15) is 37.7 Å². The monoisotopic (exact) mass is 272 g/mol. The lowest BCUT2D eigenvalue weighted by molar-refractivity contribution is -0.130. The zero-order valence-corrected chi connectivity index (χ0v) is 12.2. The molecule has 1 N–H and O–H groups in total. The highest BCUT2D eigenvalue weighted by Crippen LogP contribution is 2.40. The first-order chi connectivity index (χ1) is 9.74. The Kier molecular flexibility index (Phi) is 4.06. The number of rotatable bonds is 4. The van der Waals surface area contributed by atoms with E-state index in [1.807, 2.05) is 4.90 Å². The summed E-state index contributed by atoms with van der Waals surface area (Å²) in [6, 6.07) is 11.5. The Bertz CT molecular complexity index is 451. The minimum Gasteiger partial charge on any atom is -0.343 e. The number of benzene rings is 1. The second-order valence-electron chi connectivity index (χ2n) is 6.22. The third-order valence-corrected chi connectivity index (χ3v) is 4.75. The highest BCUT2D eigenvalue weighted by Gasteiger charge is 2.38.